The first-order chi connectivity index (χ1) is 10.6. The van der Waals surface area contributed by atoms with E-state index in [1.165, 1.54) is 12.8 Å². The fourth-order valence-corrected chi connectivity index (χ4v) is 2.82. The van der Waals surface area contributed by atoms with Crippen molar-refractivity contribution in [3.8, 4) is 0 Å². The third-order valence-electron chi connectivity index (χ3n) is 4.27. The van der Waals surface area contributed by atoms with E-state index in [1.54, 1.807) is 36.2 Å². The highest BCUT2D eigenvalue weighted by Crippen LogP contribution is 2.34. The molecule has 1 amide bonds. The van der Waals surface area contributed by atoms with Crippen molar-refractivity contribution in [2.24, 2.45) is 5.92 Å². The molecule has 0 aromatic heterocycles. The van der Waals surface area contributed by atoms with Gasteiger partial charge in [-0.3, -0.25) is 4.79 Å². The van der Waals surface area contributed by atoms with Gasteiger partial charge >= 0.3 is 0 Å². The van der Waals surface area contributed by atoms with E-state index in [0.29, 0.717) is 23.6 Å². The molecule has 0 unspecified atom stereocenters. The van der Waals surface area contributed by atoms with Crippen LogP contribution in [0.2, 0.25) is 0 Å². The van der Waals surface area contributed by atoms with Gasteiger partial charge in [-0.15, -0.1) is 0 Å². The first-order valence-corrected chi connectivity index (χ1v) is 7.71. The normalized spacial score (nSPS) is 14.6. The number of hydrogen-bond donors (Lipinski definition) is 1. The second-order valence-corrected chi connectivity index (χ2v) is 6.07. The molecule has 0 atom stereocenters. The third kappa shape index (κ3) is 2.77. The molecule has 1 N–H and O–H groups in total. The van der Waals surface area contributed by atoms with Gasteiger partial charge in [0.25, 0.3) is 5.91 Å². The van der Waals surface area contributed by atoms with Crippen LogP contribution in [0, 0.1) is 5.92 Å². The van der Waals surface area contributed by atoms with Crippen LogP contribution in [-0.4, -0.2) is 29.5 Å². The molecule has 0 radical (unpaired) electrons. The maximum Gasteiger partial charge on any atom is 0.263 e. The first kappa shape index (κ1) is 14.8. The predicted molar refractivity (Wildman–Crippen MR) is 86.2 cm³/mol. The highest BCUT2D eigenvalue weighted by Gasteiger charge is 2.42. The molecule has 1 fully saturated rings. The molecule has 2 aromatic rings. The third-order valence-corrected chi connectivity index (χ3v) is 4.27. The smallest absolute Gasteiger partial charge is 0.263 e. The number of likely N-dealkylation sites (N-methyl/N-ethyl adjacent to an activating group) is 1. The number of benzene rings is 2. The van der Waals surface area contributed by atoms with Gasteiger partial charge in [-0.05, 0) is 29.9 Å². The summed E-state index contributed by atoms with van der Waals surface area (Å²) in [6, 6.07) is 18.3. The van der Waals surface area contributed by atoms with Crippen LogP contribution in [0.3, 0.4) is 0 Å². The van der Waals surface area contributed by atoms with E-state index in [9.17, 15) is 9.90 Å². The van der Waals surface area contributed by atoms with Gasteiger partial charge in [0.1, 0.15) is 0 Å². The Balaban J connectivity index is 2.01. The lowest BCUT2D eigenvalue weighted by Gasteiger charge is -2.32. The van der Waals surface area contributed by atoms with E-state index < -0.39 is 5.60 Å². The van der Waals surface area contributed by atoms with Crippen molar-refractivity contribution in [2.75, 3.05) is 13.6 Å². The number of hydrogen-bond acceptors (Lipinski definition) is 2. The minimum atomic E-state index is -1.63. The van der Waals surface area contributed by atoms with E-state index in [0.717, 1.165) is 0 Å². The summed E-state index contributed by atoms with van der Waals surface area (Å²) in [5.41, 5.74) is -0.422. The highest BCUT2D eigenvalue weighted by molar-refractivity contribution is 5.90. The zero-order valence-corrected chi connectivity index (χ0v) is 12.8. The molecule has 3 nitrogen and oxygen atoms in total. The largest absolute Gasteiger partial charge is 0.372 e. The van der Waals surface area contributed by atoms with Gasteiger partial charge in [0.05, 0.1) is 0 Å². The Morgan fingerprint density at radius 3 is 1.91 bits per heavy atom. The minimum absolute atomic E-state index is 0.267. The Hall–Kier alpha value is -2.13. The molecule has 1 aliphatic rings. The molecule has 114 valence electrons. The lowest BCUT2D eigenvalue weighted by atomic mass is 9.85. The standard InChI is InChI=1S/C19H21NO2/c1-20(14-15-12-13-15)18(21)19(22,16-8-4-2-5-9-16)17-10-6-3-7-11-17/h2-11,15,22H,12-14H2,1H3. The van der Waals surface area contributed by atoms with Crippen molar-refractivity contribution in [1.82, 2.24) is 4.90 Å². The second-order valence-electron chi connectivity index (χ2n) is 6.07. The lowest BCUT2D eigenvalue weighted by molar-refractivity contribution is -0.147. The summed E-state index contributed by atoms with van der Waals surface area (Å²) in [6.45, 7) is 0.709. The lowest BCUT2D eigenvalue weighted by Crippen LogP contribution is -2.46. The van der Waals surface area contributed by atoms with Crippen molar-refractivity contribution in [1.29, 1.82) is 0 Å². The van der Waals surface area contributed by atoms with Gasteiger partial charge in [0, 0.05) is 13.6 Å². The Kier molecular flexibility index (Phi) is 3.99. The summed E-state index contributed by atoms with van der Waals surface area (Å²) >= 11 is 0. The van der Waals surface area contributed by atoms with Gasteiger partial charge in [0.2, 0.25) is 0 Å². The highest BCUT2D eigenvalue weighted by atomic mass is 16.3. The molecule has 0 saturated heterocycles. The second kappa shape index (κ2) is 5.93. The van der Waals surface area contributed by atoms with Crippen molar-refractivity contribution < 1.29 is 9.90 Å². The summed E-state index contributed by atoms with van der Waals surface area (Å²) in [6.07, 6.45) is 2.35. The summed E-state index contributed by atoms with van der Waals surface area (Å²) in [5, 5.41) is 11.3. The topological polar surface area (TPSA) is 40.5 Å². The van der Waals surface area contributed by atoms with Crippen LogP contribution in [-0.2, 0) is 10.4 Å². The average Bonchev–Trinajstić information content (AvgIpc) is 3.39. The van der Waals surface area contributed by atoms with E-state index in [1.807, 2.05) is 36.4 Å². The van der Waals surface area contributed by atoms with Crippen LogP contribution in [0.4, 0.5) is 0 Å². The van der Waals surface area contributed by atoms with E-state index >= 15 is 0 Å². The van der Waals surface area contributed by atoms with Crippen molar-refractivity contribution in [2.45, 2.75) is 18.4 Å². The van der Waals surface area contributed by atoms with Crippen LogP contribution in [0.15, 0.2) is 60.7 Å². The van der Waals surface area contributed by atoms with Gasteiger partial charge < -0.3 is 10.0 Å². The average molecular weight is 295 g/mol. The molecule has 3 rings (SSSR count). The summed E-state index contributed by atoms with van der Waals surface area (Å²) in [5.74, 6) is 0.321. The monoisotopic (exact) mass is 295 g/mol. The quantitative estimate of drug-likeness (QED) is 0.921. The zero-order valence-electron chi connectivity index (χ0n) is 12.8. The fourth-order valence-electron chi connectivity index (χ4n) is 2.82. The molecule has 0 bridgehead atoms. The fraction of sp³-hybridized carbons (Fsp3) is 0.316. The van der Waals surface area contributed by atoms with E-state index in [-0.39, 0.29) is 5.91 Å². The first-order valence-electron chi connectivity index (χ1n) is 7.71. The van der Waals surface area contributed by atoms with E-state index in [2.05, 4.69) is 0 Å². The van der Waals surface area contributed by atoms with Crippen molar-refractivity contribution >= 4 is 5.91 Å². The van der Waals surface area contributed by atoms with Crippen molar-refractivity contribution in [3.05, 3.63) is 71.8 Å². The molecule has 2 aromatic carbocycles. The predicted octanol–water partition coefficient (Wildman–Crippen LogP) is 2.79. The zero-order chi connectivity index (χ0) is 15.6. The summed E-state index contributed by atoms with van der Waals surface area (Å²) in [4.78, 5) is 14.7. The molecular weight excluding hydrogens is 274 g/mol. The molecular formula is C19H21NO2. The molecule has 0 spiro atoms. The molecule has 3 heteroatoms. The molecule has 0 aliphatic heterocycles. The molecule has 1 saturated carbocycles. The SMILES string of the molecule is CN(CC1CC1)C(=O)C(O)(c1ccccc1)c1ccccc1. The maximum atomic E-state index is 13.0. The van der Waals surface area contributed by atoms with Gasteiger partial charge in [0.15, 0.2) is 5.60 Å². The molecule has 0 heterocycles. The van der Waals surface area contributed by atoms with Crippen LogP contribution >= 0.6 is 0 Å². The van der Waals surface area contributed by atoms with Gasteiger partial charge in [-0.1, -0.05) is 60.7 Å². The number of amides is 1. The van der Waals surface area contributed by atoms with Crippen LogP contribution < -0.4 is 0 Å². The maximum absolute atomic E-state index is 13.0. The molecule has 22 heavy (non-hydrogen) atoms. The Morgan fingerprint density at radius 1 is 1.05 bits per heavy atom. The number of aliphatic hydroxyl groups is 1. The number of nitrogens with zero attached hydrogens (tertiary/aromatic N) is 1. The van der Waals surface area contributed by atoms with Gasteiger partial charge in [-0.25, -0.2) is 0 Å². The number of rotatable bonds is 5. The minimum Gasteiger partial charge on any atom is -0.372 e. The van der Waals surface area contributed by atoms with E-state index in [4.69, 9.17) is 0 Å². The molecule has 1 aliphatic carbocycles. The van der Waals surface area contributed by atoms with Gasteiger partial charge in [-0.2, -0.15) is 0 Å². The number of carbonyl (C=O) groups is 1. The van der Waals surface area contributed by atoms with Crippen LogP contribution in [0.1, 0.15) is 24.0 Å². The van der Waals surface area contributed by atoms with Crippen molar-refractivity contribution in [3.63, 3.8) is 0 Å². The Labute approximate surface area is 131 Å². The number of carbonyl (C=O) groups excluding carboxylic acids is 1. The van der Waals surface area contributed by atoms with Crippen LogP contribution in [0.25, 0.3) is 0 Å². The summed E-state index contributed by atoms with van der Waals surface area (Å²) < 4.78 is 0. The Morgan fingerprint density at radius 2 is 1.50 bits per heavy atom. The Bertz CT molecular complexity index is 595. The van der Waals surface area contributed by atoms with Crippen LogP contribution in [0.5, 0.6) is 0 Å². The summed E-state index contributed by atoms with van der Waals surface area (Å²) in [7, 11) is 1.78.